The number of hydrogen-bond acceptors (Lipinski definition) is 4. The molecule has 5 nitrogen and oxygen atoms in total. The molecule has 4 rings (SSSR count). The van der Waals surface area contributed by atoms with E-state index < -0.39 is 17.3 Å². The van der Waals surface area contributed by atoms with E-state index in [4.69, 9.17) is 16.0 Å². The van der Waals surface area contributed by atoms with Crippen molar-refractivity contribution in [2.45, 2.75) is 25.5 Å². The minimum atomic E-state index is -1.98. The van der Waals surface area contributed by atoms with Crippen LogP contribution in [0.4, 0.5) is 5.69 Å². The Kier molecular flexibility index (Phi) is 5.33. The smallest absolute Gasteiger partial charge is 0.264 e. The number of benzene rings is 2. The zero-order valence-electron chi connectivity index (χ0n) is 16.3. The number of anilines is 1. The van der Waals surface area contributed by atoms with Gasteiger partial charge < -0.3 is 14.4 Å². The van der Waals surface area contributed by atoms with Crippen LogP contribution in [0.15, 0.2) is 71.4 Å². The molecule has 3 aromatic rings. The first-order chi connectivity index (χ1) is 14.4. The van der Waals surface area contributed by atoms with Crippen LogP contribution in [-0.2, 0) is 21.7 Å². The molecule has 6 heteroatoms. The van der Waals surface area contributed by atoms with Gasteiger partial charge in [0.15, 0.2) is 11.4 Å². The van der Waals surface area contributed by atoms with E-state index in [1.807, 2.05) is 31.2 Å². The SMILES string of the molecule is Cc1ccccc1CN1C(=O)[C@@](O)(CC(=O)/C=C\c2ccco2)c2cc(Cl)ccc21. The summed E-state index contributed by atoms with van der Waals surface area (Å²) in [6.45, 7) is 2.26. The number of hydrogen-bond donors (Lipinski definition) is 1. The van der Waals surface area contributed by atoms with E-state index >= 15 is 0 Å². The van der Waals surface area contributed by atoms with Gasteiger partial charge in [-0.1, -0.05) is 35.9 Å². The van der Waals surface area contributed by atoms with Crippen LogP contribution >= 0.6 is 11.6 Å². The van der Waals surface area contributed by atoms with Crippen LogP contribution in [0.1, 0.15) is 28.9 Å². The zero-order chi connectivity index (χ0) is 21.3. The Bertz CT molecular complexity index is 1140. The number of halogens is 1. The number of carbonyl (C=O) groups is 2. The van der Waals surface area contributed by atoms with Crippen LogP contribution in [-0.4, -0.2) is 16.8 Å². The average molecular weight is 422 g/mol. The number of amides is 1. The van der Waals surface area contributed by atoms with Crippen molar-refractivity contribution in [1.29, 1.82) is 0 Å². The van der Waals surface area contributed by atoms with Gasteiger partial charge in [-0.05, 0) is 60.5 Å². The molecule has 2 heterocycles. The standard InChI is InChI=1S/C24H20ClNO4/c1-16-5-2-3-6-17(16)15-26-22-11-8-18(25)13-21(22)24(29,23(26)28)14-19(27)9-10-20-7-4-12-30-20/h2-13,29H,14-15H2,1H3/b10-9-/t24-/m1/s1. The summed E-state index contributed by atoms with van der Waals surface area (Å²) < 4.78 is 5.17. The molecular formula is C24H20ClNO4. The summed E-state index contributed by atoms with van der Waals surface area (Å²) in [4.78, 5) is 27.4. The lowest BCUT2D eigenvalue weighted by molar-refractivity contribution is -0.140. The molecule has 152 valence electrons. The molecule has 1 N–H and O–H groups in total. The zero-order valence-corrected chi connectivity index (χ0v) is 17.1. The first kappa shape index (κ1) is 20.1. The third-order valence-corrected chi connectivity index (χ3v) is 5.53. The number of nitrogens with zero attached hydrogens (tertiary/aromatic N) is 1. The Balaban J connectivity index is 1.66. The quantitative estimate of drug-likeness (QED) is 0.588. The van der Waals surface area contributed by atoms with Crippen molar-refractivity contribution in [1.82, 2.24) is 0 Å². The van der Waals surface area contributed by atoms with Gasteiger partial charge in [-0.25, -0.2) is 0 Å². The molecule has 1 aliphatic heterocycles. The molecule has 1 atom stereocenters. The molecule has 0 saturated carbocycles. The predicted octanol–water partition coefficient (Wildman–Crippen LogP) is 4.65. The van der Waals surface area contributed by atoms with Gasteiger partial charge in [0.2, 0.25) is 0 Å². The Morgan fingerprint density at radius 3 is 2.73 bits per heavy atom. The number of rotatable bonds is 6. The molecular weight excluding hydrogens is 402 g/mol. The number of fused-ring (bicyclic) bond motifs is 1. The van der Waals surface area contributed by atoms with Gasteiger partial charge in [0.25, 0.3) is 5.91 Å². The van der Waals surface area contributed by atoms with E-state index in [-0.39, 0.29) is 6.42 Å². The summed E-state index contributed by atoms with van der Waals surface area (Å²) in [7, 11) is 0. The maximum atomic E-state index is 13.3. The fourth-order valence-corrected chi connectivity index (χ4v) is 3.85. The normalized spacial score (nSPS) is 18.2. The highest BCUT2D eigenvalue weighted by Crippen LogP contribution is 2.44. The van der Waals surface area contributed by atoms with Gasteiger partial charge >= 0.3 is 0 Å². The topological polar surface area (TPSA) is 70.8 Å². The first-order valence-corrected chi connectivity index (χ1v) is 9.89. The van der Waals surface area contributed by atoms with Crippen molar-refractivity contribution < 1.29 is 19.1 Å². The van der Waals surface area contributed by atoms with E-state index in [0.717, 1.165) is 11.1 Å². The molecule has 0 unspecified atom stereocenters. The minimum absolute atomic E-state index is 0.291. The van der Waals surface area contributed by atoms with Crippen LogP contribution in [0, 0.1) is 6.92 Å². The summed E-state index contributed by atoms with van der Waals surface area (Å²) in [5.41, 5.74) is 0.910. The van der Waals surface area contributed by atoms with Gasteiger partial charge in [-0.15, -0.1) is 0 Å². The summed E-state index contributed by atoms with van der Waals surface area (Å²) in [6.07, 6.45) is 3.92. The van der Waals surface area contributed by atoms with Gasteiger partial charge in [0, 0.05) is 10.6 Å². The van der Waals surface area contributed by atoms with Gasteiger partial charge in [-0.3, -0.25) is 9.59 Å². The summed E-state index contributed by atoms with van der Waals surface area (Å²) >= 11 is 6.14. The van der Waals surface area contributed by atoms with Crippen molar-refractivity contribution in [2.24, 2.45) is 0 Å². The lowest BCUT2D eigenvalue weighted by Gasteiger charge is -2.23. The summed E-state index contributed by atoms with van der Waals surface area (Å²) in [5, 5.41) is 11.7. The fraction of sp³-hybridized carbons (Fsp3) is 0.167. The molecule has 0 radical (unpaired) electrons. The van der Waals surface area contributed by atoms with Gasteiger partial charge in [0.05, 0.1) is 24.9 Å². The molecule has 0 fully saturated rings. The number of ketones is 1. The first-order valence-electron chi connectivity index (χ1n) is 9.52. The number of furan rings is 1. The highest BCUT2D eigenvalue weighted by molar-refractivity contribution is 6.31. The number of carbonyl (C=O) groups excluding carboxylic acids is 2. The molecule has 0 saturated heterocycles. The van der Waals surface area contributed by atoms with E-state index in [1.165, 1.54) is 23.3 Å². The molecule has 1 aromatic heterocycles. The van der Waals surface area contributed by atoms with Gasteiger partial charge in [-0.2, -0.15) is 0 Å². The number of aryl methyl sites for hydroxylation is 1. The third-order valence-electron chi connectivity index (χ3n) is 5.29. The van der Waals surface area contributed by atoms with E-state index in [1.54, 1.807) is 30.3 Å². The molecule has 30 heavy (non-hydrogen) atoms. The fourth-order valence-electron chi connectivity index (χ4n) is 3.68. The number of aliphatic hydroxyl groups is 1. The largest absolute Gasteiger partial charge is 0.465 e. The minimum Gasteiger partial charge on any atom is -0.465 e. The highest BCUT2D eigenvalue weighted by Gasteiger charge is 2.50. The van der Waals surface area contributed by atoms with Gasteiger partial charge in [0.1, 0.15) is 5.76 Å². The third kappa shape index (κ3) is 3.70. The van der Waals surface area contributed by atoms with E-state index in [0.29, 0.717) is 28.6 Å². The second-order valence-corrected chi connectivity index (χ2v) is 7.77. The Morgan fingerprint density at radius 2 is 2.00 bits per heavy atom. The van der Waals surface area contributed by atoms with Crippen molar-refractivity contribution in [3.05, 3.63) is 94.4 Å². The maximum absolute atomic E-state index is 13.3. The van der Waals surface area contributed by atoms with Crippen molar-refractivity contribution in [2.75, 3.05) is 4.90 Å². The van der Waals surface area contributed by atoms with E-state index in [9.17, 15) is 14.7 Å². The molecule has 0 bridgehead atoms. The second-order valence-electron chi connectivity index (χ2n) is 7.33. The van der Waals surface area contributed by atoms with Crippen molar-refractivity contribution in [3.63, 3.8) is 0 Å². The molecule has 1 aliphatic rings. The monoisotopic (exact) mass is 421 g/mol. The second kappa shape index (κ2) is 7.94. The maximum Gasteiger partial charge on any atom is 0.264 e. The van der Waals surface area contributed by atoms with Crippen LogP contribution in [0.5, 0.6) is 0 Å². The molecule has 0 spiro atoms. The summed E-state index contributed by atoms with van der Waals surface area (Å²) in [5.74, 6) is -0.425. The van der Waals surface area contributed by atoms with Crippen molar-refractivity contribution in [3.8, 4) is 0 Å². The Morgan fingerprint density at radius 1 is 1.20 bits per heavy atom. The Hall–Kier alpha value is -3.15. The molecule has 0 aliphatic carbocycles. The van der Waals surface area contributed by atoms with Crippen LogP contribution < -0.4 is 4.90 Å². The van der Waals surface area contributed by atoms with Crippen molar-refractivity contribution >= 4 is 35.1 Å². The van der Waals surface area contributed by atoms with E-state index in [2.05, 4.69) is 0 Å². The average Bonchev–Trinajstić information content (AvgIpc) is 3.30. The van der Waals surface area contributed by atoms with Crippen LogP contribution in [0.25, 0.3) is 6.08 Å². The highest BCUT2D eigenvalue weighted by atomic mass is 35.5. The Labute approximate surface area is 179 Å². The number of allylic oxidation sites excluding steroid dienone is 1. The lowest BCUT2D eigenvalue weighted by Crippen LogP contribution is -2.41. The molecule has 2 aromatic carbocycles. The molecule has 1 amide bonds. The van der Waals surface area contributed by atoms with Crippen LogP contribution in [0.2, 0.25) is 5.02 Å². The summed E-state index contributed by atoms with van der Waals surface area (Å²) in [6, 6.07) is 16.1. The van der Waals surface area contributed by atoms with Crippen LogP contribution in [0.3, 0.4) is 0 Å². The lowest BCUT2D eigenvalue weighted by atomic mass is 9.90. The predicted molar refractivity (Wildman–Crippen MR) is 115 cm³/mol.